The van der Waals surface area contributed by atoms with E-state index in [1.807, 2.05) is 0 Å². The minimum atomic E-state index is -0.411. The van der Waals surface area contributed by atoms with E-state index in [4.69, 9.17) is 9.47 Å². The van der Waals surface area contributed by atoms with Gasteiger partial charge in [-0.15, -0.1) is 0 Å². The number of nitro benzene ring substituents is 1. The quantitative estimate of drug-likeness (QED) is 0.628. The Labute approximate surface area is 111 Å². The Bertz CT molecular complexity index is 444. The molecule has 1 aliphatic heterocycles. The molecular weight excluding hydrogens is 248 g/mol. The van der Waals surface area contributed by atoms with E-state index in [9.17, 15) is 10.1 Å². The second-order valence-corrected chi connectivity index (χ2v) is 4.56. The average Bonchev–Trinajstić information content (AvgIpc) is 2.91. The predicted octanol–water partition coefficient (Wildman–Crippen LogP) is 1.87. The van der Waals surface area contributed by atoms with Crippen molar-refractivity contribution in [1.82, 2.24) is 5.32 Å². The van der Waals surface area contributed by atoms with Gasteiger partial charge in [-0.3, -0.25) is 10.1 Å². The number of nitrogens with one attached hydrogen (secondary N) is 1. The van der Waals surface area contributed by atoms with Gasteiger partial charge in [0, 0.05) is 25.8 Å². The molecule has 1 aromatic carbocycles. The second kappa shape index (κ2) is 6.49. The van der Waals surface area contributed by atoms with Gasteiger partial charge in [0.2, 0.25) is 0 Å². The van der Waals surface area contributed by atoms with E-state index < -0.39 is 4.92 Å². The molecule has 1 fully saturated rings. The number of methoxy groups -OCH3 is 1. The number of ether oxygens (including phenoxy) is 2. The molecule has 19 heavy (non-hydrogen) atoms. The molecule has 0 amide bonds. The number of non-ortho nitro benzene ring substituents is 1. The number of rotatable bonds is 6. The molecule has 1 aromatic rings. The van der Waals surface area contributed by atoms with E-state index in [0.29, 0.717) is 12.3 Å². The molecule has 0 radical (unpaired) electrons. The van der Waals surface area contributed by atoms with E-state index in [1.165, 1.54) is 13.2 Å². The summed E-state index contributed by atoms with van der Waals surface area (Å²) in [5, 5.41) is 14.1. The molecule has 0 bridgehead atoms. The van der Waals surface area contributed by atoms with E-state index in [2.05, 4.69) is 5.32 Å². The monoisotopic (exact) mass is 266 g/mol. The highest BCUT2D eigenvalue weighted by Gasteiger charge is 2.15. The molecule has 0 aliphatic carbocycles. The van der Waals surface area contributed by atoms with Crippen LogP contribution in [-0.4, -0.2) is 31.3 Å². The SMILES string of the molecule is COc1cc(CNCC2CCCO2)cc([N+](=O)[O-])c1. The van der Waals surface area contributed by atoms with Crippen LogP contribution >= 0.6 is 0 Å². The fourth-order valence-electron chi connectivity index (χ4n) is 2.15. The van der Waals surface area contributed by atoms with Crippen molar-refractivity contribution in [3.63, 3.8) is 0 Å². The van der Waals surface area contributed by atoms with Gasteiger partial charge in [0.1, 0.15) is 5.75 Å². The molecule has 0 saturated carbocycles. The van der Waals surface area contributed by atoms with Gasteiger partial charge in [-0.05, 0) is 24.5 Å². The lowest BCUT2D eigenvalue weighted by atomic mass is 10.1. The van der Waals surface area contributed by atoms with Crippen molar-refractivity contribution in [1.29, 1.82) is 0 Å². The first kappa shape index (κ1) is 13.8. The van der Waals surface area contributed by atoms with Gasteiger partial charge in [0.15, 0.2) is 0 Å². The van der Waals surface area contributed by atoms with E-state index in [0.717, 1.165) is 31.6 Å². The number of hydrogen-bond donors (Lipinski definition) is 1. The smallest absolute Gasteiger partial charge is 0.273 e. The molecule has 1 unspecified atom stereocenters. The highest BCUT2D eigenvalue weighted by atomic mass is 16.6. The van der Waals surface area contributed by atoms with Crippen molar-refractivity contribution in [3.05, 3.63) is 33.9 Å². The van der Waals surface area contributed by atoms with Gasteiger partial charge < -0.3 is 14.8 Å². The van der Waals surface area contributed by atoms with Crippen LogP contribution in [0.3, 0.4) is 0 Å². The van der Waals surface area contributed by atoms with Crippen LogP contribution in [0.4, 0.5) is 5.69 Å². The Morgan fingerprint density at radius 3 is 3.00 bits per heavy atom. The maximum atomic E-state index is 10.8. The van der Waals surface area contributed by atoms with E-state index in [1.54, 1.807) is 12.1 Å². The largest absolute Gasteiger partial charge is 0.496 e. The third kappa shape index (κ3) is 3.90. The van der Waals surface area contributed by atoms with Crippen LogP contribution in [-0.2, 0) is 11.3 Å². The zero-order chi connectivity index (χ0) is 13.7. The minimum absolute atomic E-state index is 0.0493. The molecule has 104 valence electrons. The van der Waals surface area contributed by atoms with Gasteiger partial charge in [-0.25, -0.2) is 0 Å². The zero-order valence-corrected chi connectivity index (χ0v) is 10.9. The normalized spacial score (nSPS) is 18.5. The standard InChI is InChI=1S/C13H18N2O4/c1-18-13-6-10(5-11(7-13)15(16)17)8-14-9-12-3-2-4-19-12/h5-7,12,14H,2-4,8-9H2,1H3. The number of nitro groups is 1. The Kier molecular flexibility index (Phi) is 4.70. The van der Waals surface area contributed by atoms with Crippen LogP contribution in [0, 0.1) is 10.1 Å². The number of nitrogens with zero attached hydrogens (tertiary/aromatic N) is 1. The van der Waals surface area contributed by atoms with Gasteiger partial charge in [-0.2, -0.15) is 0 Å². The van der Waals surface area contributed by atoms with Crippen LogP contribution < -0.4 is 10.1 Å². The first-order chi connectivity index (χ1) is 9.19. The summed E-state index contributed by atoms with van der Waals surface area (Å²) < 4.78 is 10.6. The predicted molar refractivity (Wildman–Crippen MR) is 70.3 cm³/mol. The van der Waals surface area contributed by atoms with Gasteiger partial charge in [-0.1, -0.05) is 0 Å². The van der Waals surface area contributed by atoms with Crippen LogP contribution in [0.1, 0.15) is 18.4 Å². The fraction of sp³-hybridized carbons (Fsp3) is 0.538. The molecular formula is C13H18N2O4. The lowest BCUT2D eigenvalue weighted by Crippen LogP contribution is -2.25. The molecule has 0 aromatic heterocycles. The molecule has 6 heteroatoms. The molecule has 1 N–H and O–H groups in total. The minimum Gasteiger partial charge on any atom is -0.496 e. The summed E-state index contributed by atoms with van der Waals surface area (Å²) in [6, 6.07) is 4.78. The van der Waals surface area contributed by atoms with E-state index >= 15 is 0 Å². The Hall–Kier alpha value is -1.66. The molecule has 2 rings (SSSR count). The molecule has 1 aliphatic rings. The van der Waals surface area contributed by atoms with Crippen molar-refractivity contribution < 1.29 is 14.4 Å². The Balaban J connectivity index is 1.94. The topological polar surface area (TPSA) is 73.6 Å². The summed E-state index contributed by atoms with van der Waals surface area (Å²) in [4.78, 5) is 10.4. The lowest BCUT2D eigenvalue weighted by molar-refractivity contribution is -0.385. The van der Waals surface area contributed by atoms with Crippen LogP contribution in [0.5, 0.6) is 5.75 Å². The summed E-state index contributed by atoms with van der Waals surface area (Å²) in [5.74, 6) is 0.503. The van der Waals surface area contributed by atoms with Crippen molar-refractivity contribution in [2.24, 2.45) is 0 Å². The summed E-state index contributed by atoms with van der Waals surface area (Å²) in [6.07, 6.45) is 2.45. The highest BCUT2D eigenvalue weighted by molar-refractivity contribution is 5.42. The van der Waals surface area contributed by atoms with Crippen molar-refractivity contribution >= 4 is 5.69 Å². The van der Waals surface area contributed by atoms with Gasteiger partial charge >= 0.3 is 0 Å². The molecule has 1 heterocycles. The van der Waals surface area contributed by atoms with Crippen molar-refractivity contribution in [2.75, 3.05) is 20.3 Å². The Morgan fingerprint density at radius 1 is 1.53 bits per heavy atom. The highest BCUT2D eigenvalue weighted by Crippen LogP contribution is 2.22. The molecule has 1 saturated heterocycles. The third-order valence-corrected chi connectivity index (χ3v) is 3.12. The third-order valence-electron chi connectivity index (χ3n) is 3.12. The fourth-order valence-corrected chi connectivity index (χ4v) is 2.15. The lowest BCUT2D eigenvalue weighted by Gasteiger charge is -2.11. The summed E-state index contributed by atoms with van der Waals surface area (Å²) in [5.41, 5.74) is 0.886. The van der Waals surface area contributed by atoms with Crippen LogP contribution in [0.2, 0.25) is 0 Å². The first-order valence-corrected chi connectivity index (χ1v) is 6.33. The summed E-state index contributed by atoms with van der Waals surface area (Å²) in [7, 11) is 1.50. The molecule has 6 nitrogen and oxygen atoms in total. The summed E-state index contributed by atoms with van der Waals surface area (Å²) >= 11 is 0. The van der Waals surface area contributed by atoms with Crippen LogP contribution in [0.15, 0.2) is 18.2 Å². The van der Waals surface area contributed by atoms with Crippen molar-refractivity contribution in [3.8, 4) is 5.75 Å². The molecule has 0 spiro atoms. The van der Waals surface area contributed by atoms with Crippen LogP contribution in [0.25, 0.3) is 0 Å². The van der Waals surface area contributed by atoms with Gasteiger partial charge in [0.05, 0.1) is 24.2 Å². The maximum absolute atomic E-state index is 10.8. The first-order valence-electron chi connectivity index (χ1n) is 6.33. The molecule has 1 atom stereocenters. The second-order valence-electron chi connectivity index (χ2n) is 4.56. The van der Waals surface area contributed by atoms with Crippen molar-refractivity contribution in [2.45, 2.75) is 25.5 Å². The Morgan fingerprint density at radius 2 is 2.37 bits per heavy atom. The zero-order valence-electron chi connectivity index (χ0n) is 10.9. The maximum Gasteiger partial charge on any atom is 0.273 e. The average molecular weight is 266 g/mol. The van der Waals surface area contributed by atoms with Gasteiger partial charge in [0.25, 0.3) is 5.69 Å². The number of benzene rings is 1. The van der Waals surface area contributed by atoms with E-state index in [-0.39, 0.29) is 11.8 Å². The summed E-state index contributed by atoms with van der Waals surface area (Å²) in [6.45, 7) is 2.17. The number of hydrogen-bond acceptors (Lipinski definition) is 5.